The minimum atomic E-state index is 0.852. The summed E-state index contributed by atoms with van der Waals surface area (Å²) in [6.07, 6.45) is 4.32. The van der Waals surface area contributed by atoms with E-state index >= 15 is 0 Å². The quantitative estimate of drug-likeness (QED) is 0.314. The van der Waals surface area contributed by atoms with Crippen molar-refractivity contribution in [2.75, 3.05) is 14.2 Å². The number of fused-ring (bicyclic) bond motifs is 3. The van der Waals surface area contributed by atoms with Crippen LogP contribution in [0.5, 0.6) is 11.5 Å². The SMILES string of the molecule is COc1ccc(/C=C/c2ccc3[nH]c4ccccc4c3c2-c2ccc(OC)cc2)cc1. The molecule has 0 aliphatic rings. The number of methoxy groups -OCH3 is 2. The molecule has 0 fully saturated rings. The largest absolute Gasteiger partial charge is 0.497 e. The number of nitrogens with one attached hydrogen (secondary N) is 1. The number of aromatic nitrogens is 1. The van der Waals surface area contributed by atoms with E-state index in [0.717, 1.165) is 33.7 Å². The van der Waals surface area contributed by atoms with Crippen LogP contribution >= 0.6 is 0 Å². The molecule has 4 aromatic carbocycles. The number of benzene rings is 4. The molecule has 0 saturated carbocycles. The number of aromatic amines is 1. The molecule has 1 N–H and O–H groups in total. The highest BCUT2D eigenvalue weighted by atomic mass is 16.5. The van der Waals surface area contributed by atoms with E-state index in [-0.39, 0.29) is 0 Å². The maximum atomic E-state index is 5.37. The second kappa shape index (κ2) is 8.04. The number of H-pyrrole nitrogens is 1. The second-order valence-corrected chi connectivity index (χ2v) is 7.46. The van der Waals surface area contributed by atoms with Crippen molar-refractivity contribution in [2.24, 2.45) is 0 Å². The van der Waals surface area contributed by atoms with Crippen LogP contribution < -0.4 is 9.47 Å². The average Bonchev–Trinajstić information content (AvgIpc) is 3.21. The lowest BCUT2D eigenvalue weighted by atomic mass is 9.93. The van der Waals surface area contributed by atoms with Crippen LogP contribution in [0.2, 0.25) is 0 Å². The first kappa shape index (κ1) is 19.0. The molecular formula is C28H23NO2. The lowest BCUT2D eigenvalue weighted by Gasteiger charge is -2.11. The number of ether oxygens (including phenoxy) is 2. The van der Waals surface area contributed by atoms with Gasteiger partial charge in [-0.05, 0) is 58.7 Å². The lowest BCUT2D eigenvalue weighted by Crippen LogP contribution is -1.87. The summed E-state index contributed by atoms with van der Waals surface area (Å²) in [5, 5.41) is 2.46. The van der Waals surface area contributed by atoms with Gasteiger partial charge in [0.25, 0.3) is 0 Å². The molecule has 0 saturated heterocycles. The van der Waals surface area contributed by atoms with Gasteiger partial charge in [-0.25, -0.2) is 0 Å². The van der Waals surface area contributed by atoms with E-state index in [9.17, 15) is 0 Å². The number of hydrogen-bond donors (Lipinski definition) is 1. The maximum absolute atomic E-state index is 5.37. The van der Waals surface area contributed by atoms with Gasteiger partial charge >= 0.3 is 0 Å². The Morgan fingerprint density at radius 2 is 1.32 bits per heavy atom. The van der Waals surface area contributed by atoms with Crippen molar-refractivity contribution in [3.63, 3.8) is 0 Å². The number of rotatable bonds is 5. The molecular weight excluding hydrogens is 382 g/mol. The summed E-state index contributed by atoms with van der Waals surface area (Å²) >= 11 is 0. The van der Waals surface area contributed by atoms with Crippen LogP contribution in [-0.4, -0.2) is 19.2 Å². The van der Waals surface area contributed by atoms with Crippen LogP contribution in [0.3, 0.4) is 0 Å². The Morgan fingerprint density at radius 3 is 2.03 bits per heavy atom. The monoisotopic (exact) mass is 405 g/mol. The van der Waals surface area contributed by atoms with Crippen LogP contribution in [-0.2, 0) is 0 Å². The van der Waals surface area contributed by atoms with Crippen LogP contribution in [0, 0.1) is 0 Å². The molecule has 5 aromatic rings. The van der Waals surface area contributed by atoms with Crippen LogP contribution in [0.4, 0.5) is 0 Å². The molecule has 0 aliphatic heterocycles. The fourth-order valence-electron chi connectivity index (χ4n) is 4.07. The van der Waals surface area contributed by atoms with E-state index in [4.69, 9.17) is 9.47 Å². The molecule has 0 aliphatic carbocycles. The minimum absolute atomic E-state index is 0.852. The molecule has 31 heavy (non-hydrogen) atoms. The van der Waals surface area contributed by atoms with Gasteiger partial charge in [-0.2, -0.15) is 0 Å². The number of hydrogen-bond acceptors (Lipinski definition) is 2. The predicted molar refractivity (Wildman–Crippen MR) is 130 cm³/mol. The van der Waals surface area contributed by atoms with E-state index in [1.807, 2.05) is 24.3 Å². The van der Waals surface area contributed by atoms with Gasteiger partial charge in [0.1, 0.15) is 11.5 Å². The minimum Gasteiger partial charge on any atom is -0.497 e. The molecule has 1 heterocycles. The summed E-state index contributed by atoms with van der Waals surface area (Å²) < 4.78 is 10.6. The summed E-state index contributed by atoms with van der Waals surface area (Å²) in [5.74, 6) is 1.71. The summed E-state index contributed by atoms with van der Waals surface area (Å²) in [7, 11) is 3.38. The first-order valence-corrected chi connectivity index (χ1v) is 10.3. The zero-order chi connectivity index (χ0) is 21.2. The summed E-state index contributed by atoms with van der Waals surface area (Å²) in [6, 6.07) is 29.2. The van der Waals surface area contributed by atoms with Crippen LogP contribution in [0.1, 0.15) is 11.1 Å². The van der Waals surface area contributed by atoms with Gasteiger partial charge in [0, 0.05) is 21.8 Å². The van der Waals surface area contributed by atoms with Crippen molar-refractivity contribution < 1.29 is 9.47 Å². The van der Waals surface area contributed by atoms with Gasteiger partial charge in [0.05, 0.1) is 14.2 Å². The standard InChI is InChI=1S/C28H23NO2/c1-30-22-14-8-19(9-15-22)7-10-20-13-18-26-28(24-5-3-4-6-25(24)29-26)27(20)21-11-16-23(31-2)17-12-21/h3-18,29H,1-2H3/b10-7+. The van der Waals surface area contributed by atoms with Crippen molar-refractivity contribution >= 4 is 34.0 Å². The van der Waals surface area contributed by atoms with Gasteiger partial charge < -0.3 is 14.5 Å². The first-order chi connectivity index (χ1) is 15.3. The van der Waals surface area contributed by atoms with Crippen LogP contribution in [0.15, 0.2) is 84.9 Å². The molecule has 3 nitrogen and oxygen atoms in total. The summed E-state index contributed by atoms with van der Waals surface area (Å²) in [4.78, 5) is 3.56. The van der Waals surface area contributed by atoms with E-state index in [1.165, 1.54) is 21.9 Å². The van der Waals surface area contributed by atoms with E-state index in [1.54, 1.807) is 14.2 Å². The Bertz CT molecular complexity index is 1380. The fraction of sp³-hybridized carbons (Fsp3) is 0.0714. The molecule has 0 atom stereocenters. The molecule has 5 rings (SSSR count). The van der Waals surface area contributed by atoms with Crippen molar-refractivity contribution in [1.29, 1.82) is 0 Å². The zero-order valence-electron chi connectivity index (χ0n) is 17.6. The third-order valence-corrected chi connectivity index (χ3v) is 5.65. The molecule has 0 amide bonds. The van der Waals surface area contributed by atoms with Gasteiger partial charge in [0.2, 0.25) is 0 Å². The van der Waals surface area contributed by atoms with Crippen molar-refractivity contribution in [3.05, 3.63) is 96.1 Å². The Balaban J connectivity index is 1.71. The van der Waals surface area contributed by atoms with E-state index in [0.29, 0.717) is 0 Å². The fourth-order valence-corrected chi connectivity index (χ4v) is 4.07. The molecule has 152 valence electrons. The van der Waals surface area contributed by atoms with Gasteiger partial charge in [-0.3, -0.25) is 0 Å². The Kier molecular flexibility index (Phi) is 4.93. The van der Waals surface area contributed by atoms with Gasteiger partial charge in [0.15, 0.2) is 0 Å². The van der Waals surface area contributed by atoms with Gasteiger partial charge in [-0.1, -0.05) is 60.7 Å². The molecule has 0 spiro atoms. The highest BCUT2D eigenvalue weighted by Crippen LogP contribution is 2.38. The topological polar surface area (TPSA) is 34.2 Å². The number of para-hydroxylation sites is 1. The first-order valence-electron chi connectivity index (χ1n) is 10.3. The Hall–Kier alpha value is -3.98. The van der Waals surface area contributed by atoms with Crippen molar-refractivity contribution in [1.82, 2.24) is 4.98 Å². The van der Waals surface area contributed by atoms with E-state index < -0.39 is 0 Å². The molecule has 0 unspecified atom stereocenters. The molecule has 0 radical (unpaired) electrons. The maximum Gasteiger partial charge on any atom is 0.118 e. The summed E-state index contributed by atoms with van der Waals surface area (Å²) in [6.45, 7) is 0. The average molecular weight is 405 g/mol. The van der Waals surface area contributed by atoms with Crippen LogP contribution in [0.25, 0.3) is 45.1 Å². The Labute approximate surface area is 181 Å². The van der Waals surface area contributed by atoms with Gasteiger partial charge in [-0.15, -0.1) is 0 Å². The summed E-state index contributed by atoms with van der Waals surface area (Å²) in [5.41, 5.74) is 6.93. The highest BCUT2D eigenvalue weighted by molar-refractivity contribution is 6.16. The van der Waals surface area contributed by atoms with Crippen molar-refractivity contribution in [3.8, 4) is 22.6 Å². The third-order valence-electron chi connectivity index (χ3n) is 5.65. The second-order valence-electron chi connectivity index (χ2n) is 7.46. The molecule has 3 heteroatoms. The zero-order valence-corrected chi connectivity index (χ0v) is 17.6. The van der Waals surface area contributed by atoms with E-state index in [2.05, 4.69) is 77.8 Å². The highest BCUT2D eigenvalue weighted by Gasteiger charge is 2.13. The Morgan fingerprint density at radius 1 is 0.645 bits per heavy atom. The normalized spacial score (nSPS) is 11.4. The van der Waals surface area contributed by atoms with Crippen molar-refractivity contribution in [2.45, 2.75) is 0 Å². The molecule has 1 aromatic heterocycles. The smallest absolute Gasteiger partial charge is 0.118 e. The molecule has 0 bridgehead atoms. The predicted octanol–water partition coefficient (Wildman–Crippen LogP) is 7.18. The third kappa shape index (κ3) is 3.55. The lowest BCUT2D eigenvalue weighted by molar-refractivity contribution is 0.414.